The molecule has 2 rings (SSSR count). The first-order valence-electron chi connectivity index (χ1n) is 7.69. The second-order valence-electron chi connectivity index (χ2n) is 5.73. The lowest BCUT2D eigenvalue weighted by molar-refractivity contribution is -0.143. The number of carbonyl (C=O) groups excluding carboxylic acids is 2. The standard InChI is InChI=1S/C17H21ClN2O5/c1-8(2)25-16(21)12-9(3)19-17(22)20-14(12)10-6-7-11(23-4)15(24-5)13(10)18/h6-8,14H,1-5H3,(H2,19,20,22). The summed E-state index contributed by atoms with van der Waals surface area (Å²) >= 11 is 6.45. The average Bonchev–Trinajstić information content (AvgIpc) is 2.52. The van der Waals surface area contributed by atoms with Crippen LogP contribution in [0.2, 0.25) is 5.02 Å². The van der Waals surface area contributed by atoms with E-state index in [1.165, 1.54) is 14.2 Å². The first-order chi connectivity index (χ1) is 11.8. The first-order valence-corrected chi connectivity index (χ1v) is 8.07. The lowest BCUT2D eigenvalue weighted by Gasteiger charge is -2.29. The van der Waals surface area contributed by atoms with Crippen LogP contribution in [0.3, 0.4) is 0 Å². The molecule has 0 saturated heterocycles. The van der Waals surface area contributed by atoms with Gasteiger partial charge in [0.2, 0.25) is 0 Å². The number of nitrogens with one attached hydrogen (secondary N) is 2. The number of allylic oxidation sites excluding steroid dienone is 1. The summed E-state index contributed by atoms with van der Waals surface area (Å²) in [6.07, 6.45) is -0.299. The van der Waals surface area contributed by atoms with E-state index in [9.17, 15) is 9.59 Å². The number of carbonyl (C=O) groups is 2. The maximum absolute atomic E-state index is 12.5. The maximum atomic E-state index is 12.5. The second-order valence-corrected chi connectivity index (χ2v) is 6.11. The summed E-state index contributed by atoms with van der Waals surface area (Å²) in [7, 11) is 2.96. The Balaban J connectivity index is 2.56. The Morgan fingerprint density at radius 2 is 1.92 bits per heavy atom. The first kappa shape index (κ1) is 18.9. The van der Waals surface area contributed by atoms with Crippen LogP contribution in [0.25, 0.3) is 0 Å². The van der Waals surface area contributed by atoms with Crippen LogP contribution in [0.15, 0.2) is 23.4 Å². The lowest BCUT2D eigenvalue weighted by atomic mass is 9.95. The van der Waals surface area contributed by atoms with Crippen LogP contribution < -0.4 is 20.1 Å². The van der Waals surface area contributed by atoms with Gasteiger partial charge in [0.25, 0.3) is 0 Å². The van der Waals surface area contributed by atoms with Crippen molar-refractivity contribution in [1.82, 2.24) is 10.6 Å². The molecule has 7 nitrogen and oxygen atoms in total. The summed E-state index contributed by atoms with van der Waals surface area (Å²) in [4.78, 5) is 24.5. The third-order valence-electron chi connectivity index (χ3n) is 3.66. The number of hydrogen-bond acceptors (Lipinski definition) is 5. The fourth-order valence-corrected chi connectivity index (χ4v) is 2.95. The van der Waals surface area contributed by atoms with Gasteiger partial charge in [-0.15, -0.1) is 0 Å². The fourth-order valence-electron chi connectivity index (χ4n) is 2.60. The monoisotopic (exact) mass is 368 g/mol. The number of benzene rings is 1. The van der Waals surface area contributed by atoms with Gasteiger partial charge in [-0.2, -0.15) is 0 Å². The van der Waals surface area contributed by atoms with Crippen molar-refractivity contribution in [2.75, 3.05) is 14.2 Å². The molecule has 0 spiro atoms. The van der Waals surface area contributed by atoms with E-state index in [-0.39, 0.29) is 16.7 Å². The van der Waals surface area contributed by atoms with E-state index in [1.807, 2.05) is 0 Å². The summed E-state index contributed by atoms with van der Waals surface area (Å²) in [5.41, 5.74) is 1.19. The number of ether oxygens (including phenoxy) is 3. The molecule has 1 unspecified atom stereocenters. The van der Waals surface area contributed by atoms with E-state index in [0.717, 1.165) is 0 Å². The van der Waals surface area contributed by atoms with Crippen molar-refractivity contribution in [3.8, 4) is 11.5 Å². The molecule has 1 heterocycles. The molecular formula is C17H21ClN2O5. The molecule has 136 valence electrons. The van der Waals surface area contributed by atoms with E-state index in [0.29, 0.717) is 22.8 Å². The smallest absolute Gasteiger partial charge is 0.338 e. The minimum atomic E-state index is -0.771. The topological polar surface area (TPSA) is 85.9 Å². The highest BCUT2D eigenvalue weighted by Crippen LogP contribution is 2.42. The van der Waals surface area contributed by atoms with E-state index in [1.54, 1.807) is 32.9 Å². The lowest BCUT2D eigenvalue weighted by Crippen LogP contribution is -2.45. The van der Waals surface area contributed by atoms with Gasteiger partial charge in [0.1, 0.15) is 0 Å². The Morgan fingerprint density at radius 1 is 1.24 bits per heavy atom. The number of halogens is 1. The molecule has 25 heavy (non-hydrogen) atoms. The van der Waals surface area contributed by atoms with Crippen LogP contribution in [0.4, 0.5) is 4.79 Å². The quantitative estimate of drug-likeness (QED) is 0.780. The average molecular weight is 369 g/mol. The van der Waals surface area contributed by atoms with Gasteiger partial charge in [-0.3, -0.25) is 0 Å². The zero-order chi connectivity index (χ0) is 18.7. The molecule has 0 aromatic heterocycles. The van der Waals surface area contributed by atoms with Crippen molar-refractivity contribution in [3.63, 3.8) is 0 Å². The van der Waals surface area contributed by atoms with Crippen LogP contribution in [-0.2, 0) is 9.53 Å². The molecule has 0 fully saturated rings. The summed E-state index contributed by atoms with van der Waals surface area (Å²) in [5, 5.41) is 5.54. The number of hydrogen-bond donors (Lipinski definition) is 2. The van der Waals surface area contributed by atoms with Crippen LogP contribution in [0.5, 0.6) is 11.5 Å². The second kappa shape index (κ2) is 7.65. The third-order valence-corrected chi connectivity index (χ3v) is 4.05. The maximum Gasteiger partial charge on any atom is 0.338 e. The molecule has 1 aromatic rings. The third kappa shape index (κ3) is 3.82. The van der Waals surface area contributed by atoms with Gasteiger partial charge < -0.3 is 24.8 Å². The Hall–Kier alpha value is -2.41. The number of methoxy groups -OCH3 is 2. The van der Waals surface area contributed by atoms with Gasteiger partial charge in [0.15, 0.2) is 11.5 Å². The molecule has 1 aliphatic heterocycles. The fraction of sp³-hybridized carbons (Fsp3) is 0.412. The van der Waals surface area contributed by atoms with Gasteiger partial charge in [-0.05, 0) is 26.8 Å². The van der Waals surface area contributed by atoms with Crippen molar-refractivity contribution in [2.45, 2.75) is 32.9 Å². The molecule has 0 bridgehead atoms. The van der Waals surface area contributed by atoms with Crippen LogP contribution in [0.1, 0.15) is 32.4 Å². The Labute approximate surface area is 151 Å². The van der Waals surface area contributed by atoms with Gasteiger partial charge in [0.05, 0.1) is 37.0 Å². The van der Waals surface area contributed by atoms with Gasteiger partial charge in [0, 0.05) is 11.3 Å². The number of amides is 2. The molecule has 2 amide bonds. The molecule has 1 aliphatic rings. The van der Waals surface area contributed by atoms with Crippen molar-refractivity contribution in [2.24, 2.45) is 0 Å². The predicted molar refractivity (Wildman–Crippen MR) is 92.9 cm³/mol. The van der Waals surface area contributed by atoms with Crippen molar-refractivity contribution >= 4 is 23.6 Å². The highest BCUT2D eigenvalue weighted by atomic mass is 35.5. The summed E-state index contributed by atoms with van der Waals surface area (Å²) in [5.74, 6) is 0.239. The SMILES string of the molecule is COc1ccc(C2NC(=O)NC(C)=C2C(=O)OC(C)C)c(Cl)c1OC. The summed E-state index contributed by atoms with van der Waals surface area (Å²) in [6, 6.07) is 2.13. The van der Waals surface area contributed by atoms with Crippen molar-refractivity contribution < 1.29 is 23.8 Å². The van der Waals surface area contributed by atoms with Gasteiger partial charge in [-0.25, -0.2) is 9.59 Å². The summed E-state index contributed by atoms with van der Waals surface area (Å²) < 4.78 is 15.8. The molecule has 8 heteroatoms. The minimum absolute atomic E-state index is 0.247. The van der Waals surface area contributed by atoms with Crippen molar-refractivity contribution in [3.05, 3.63) is 34.0 Å². The van der Waals surface area contributed by atoms with Gasteiger partial charge in [-0.1, -0.05) is 17.7 Å². The summed E-state index contributed by atoms with van der Waals surface area (Å²) in [6.45, 7) is 5.14. The van der Waals surface area contributed by atoms with E-state index < -0.39 is 18.0 Å². The van der Waals surface area contributed by atoms with E-state index in [4.69, 9.17) is 25.8 Å². The molecule has 1 atom stereocenters. The van der Waals surface area contributed by atoms with E-state index in [2.05, 4.69) is 10.6 Å². The zero-order valence-corrected chi connectivity index (χ0v) is 15.5. The molecule has 2 N–H and O–H groups in total. The van der Waals surface area contributed by atoms with Crippen LogP contribution >= 0.6 is 11.6 Å². The zero-order valence-electron chi connectivity index (χ0n) is 14.7. The highest BCUT2D eigenvalue weighted by molar-refractivity contribution is 6.33. The molecule has 0 saturated carbocycles. The van der Waals surface area contributed by atoms with Gasteiger partial charge >= 0.3 is 12.0 Å². The highest BCUT2D eigenvalue weighted by Gasteiger charge is 2.34. The Kier molecular flexibility index (Phi) is 5.79. The normalized spacial score (nSPS) is 17.1. The minimum Gasteiger partial charge on any atom is -0.493 e. The van der Waals surface area contributed by atoms with Crippen LogP contribution in [-0.4, -0.2) is 32.3 Å². The number of urea groups is 1. The largest absolute Gasteiger partial charge is 0.493 e. The number of rotatable bonds is 5. The van der Waals surface area contributed by atoms with Crippen LogP contribution in [0, 0.1) is 0 Å². The van der Waals surface area contributed by atoms with E-state index >= 15 is 0 Å². The Bertz CT molecular complexity index is 730. The molecule has 0 radical (unpaired) electrons. The number of esters is 1. The Morgan fingerprint density at radius 3 is 2.48 bits per heavy atom. The molecular weight excluding hydrogens is 348 g/mol. The predicted octanol–water partition coefficient (Wildman–Crippen LogP) is 2.94. The molecule has 1 aromatic carbocycles. The van der Waals surface area contributed by atoms with Crippen molar-refractivity contribution in [1.29, 1.82) is 0 Å². The molecule has 0 aliphatic carbocycles.